The average molecular weight is 278 g/mol. The van der Waals surface area contributed by atoms with E-state index in [0.29, 0.717) is 11.8 Å². The van der Waals surface area contributed by atoms with E-state index in [2.05, 4.69) is 38.1 Å². The topological polar surface area (TPSA) is 26.3 Å². The van der Waals surface area contributed by atoms with Crippen LogP contribution in [0.5, 0.6) is 0 Å². The molecule has 0 spiro atoms. The average Bonchev–Trinajstić information content (AvgIpc) is 3.18. The summed E-state index contributed by atoms with van der Waals surface area (Å²) in [6, 6.07) is 8.84. The van der Waals surface area contributed by atoms with Gasteiger partial charge in [-0.25, -0.2) is 0 Å². The van der Waals surface area contributed by atoms with E-state index in [1.807, 2.05) is 11.8 Å². The molecule has 0 N–H and O–H groups in total. The molecular formula is C16H22O2S. The molecule has 0 radical (unpaired) electrons. The van der Waals surface area contributed by atoms with Crippen LogP contribution < -0.4 is 0 Å². The minimum absolute atomic E-state index is 0.0353. The van der Waals surface area contributed by atoms with E-state index in [-0.39, 0.29) is 11.9 Å². The molecule has 0 bridgehead atoms. The molecule has 3 unspecified atom stereocenters. The first kappa shape index (κ1) is 14.4. The highest BCUT2D eigenvalue weighted by atomic mass is 32.2. The van der Waals surface area contributed by atoms with E-state index in [4.69, 9.17) is 4.74 Å². The summed E-state index contributed by atoms with van der Waals surface area (Å²) in [5.41, 5.74) is 1.37. The van der Waals surface area contributed by atoms with Gasteiger partial charge in [-0.05, 0) is 48.1 Å². The Labute approximate surface area is 119 Å². The van der Waals surface area contributed by atoms with Crippen LogP contribution in [0.1, 0.15) is 38.2 Å². The molecule has 2 rings (SSSR count). The van der Waals surface area contributed by atoms with Gasteiger partial charge in [0.05, 0.1) is 13.0 Å². The molecule has 0 aromatic heterocycles. The highest BCUT2D eigenvalue weighted by Gasteiger charge is 2.44. The Morgan fingerprint density at radius 3 is 2.68 bits per heavy atom. The number of carbonyl (C=O) groups is 1. The van der Waals surface area contributed by atoms with Gasteiger partial charge in [0.2, 0.25) is 0 Å². The minimum atomic E-state index is -0.0353. The SMILES string of the molecule is CCSc1ccc(C(C)CC2CC2C(=O)OC)cc1. The Bertz CT molecular complexity index is 427. The zero-order valence-corrected chi connectivity index (χ0v) is 12.7. The van der Waals surface area contributed by atoms with Crippen molar-refractivity contribution in [2.24, 2.45) is 11.8 Å². The number of carbonyl (C=O) groups excluding carboxylic acids is 1. The summed E-state index contributed by atoms with van der Waals surface area (Å²) >= 11 is 1.87. The van der Waals surface area contributed by atoms with Crippen molar-refractivity contribution < 1.29 is 9.53 Å². The zero-order valence-electron chi connectivity index (χ0n) is 11.9. The van der Waals surface area contributed by atoms with Gasteiger partial charge in [-0.1, -0.05) is 26.0 Å². The molecular weight excluding hydrogens is 256 g/mol. The summed E-state index contributed by atoms with van der Waals surface area (Å²) in [7, 11) is 1.48. The highest BCUT2D eigenvalue weighted by Crippen LogP contribution is 2.45. The number of ether oxygens (including phenoxy) is 1. The van der Waals surface area contributed by atoms with Gasteiger partial charge in [-0.2, -0.15) is 0 Å². The molecule has 0 saturated heterocycles. The van der Waals surface area contributed by atoms with Crippen molar-refractivity contribution in [3.8, 4) is 0 Å². The van der Waals surface area contributed by atoms with Gasteiger partial charge in [0, 0.05) is 4.90 Å². The van der Waals surface area contributed by atoms with Gasteiger partial charge in [0.15, 0.2) is 0 Å². The van der Waals surface area contributed by atoms with E-state index in [1.54, 1.807) is 0 Å². The van der Waals surface area contributed by atoms with Gasteiger partial charge in [0.1, 0.15) is 0 Å². The molecule has 0 aliphatic heterocycles. The van der Waals surface area contributed by atoms with Crippen molar-refractivity contribution in [1.29, 1.82) is 0 Å². The summed E-state index contributed by atoms with van der Waals surface area (Å²) in [6.45, 7) is 4.41. The van der Waals surface area contributed by atoms with Gasteiger partial charge >= 0.3 is 5.97 Å². The monoisotopic (exact) mass is 278 g/mol. The molecule has 1 saturated carbocycles. The van der Waals surface area contributed by atoms with E-state index < -0.39 is 0 Å². The lowest BCUT2D eigenvalue weighted by Crippen LogP contribution is -2.05. The largest absolute Gasteiger partial charge is 0.469 e. The molecule has 1 aliphatic rings. The van der Waals surface area contributed by atoms with E-state index in [9.17, 15) is 4.79 Å². The molecule has 3 atom stereocenters. The third kappa shape index (κ3) is 3.75. The number of benzene rings is 1. The van der Waals surface area contributed by atoms with Crippen LogP contribution >= 0.6 is 11.8 Å². The number of hydrogen-bond acceptors (Lipinski definition) is 3. The predicted molar refractivity (Wildman–Crippen MR) is 79.5 cm³/mol. The Kier molecular flexibility index (Phi) is 4.92. The fourth-order valence-electron chi connectivity index (χ4n) is 2.60. The molecule has 1 fully saturated rings. The quantitative estimate of drug-likeness (QED) is 0.579. The summed E-state index contributed by atoms with van der Waals surface area (Å²) in [4.78, 5) is 12.7. The van der Waals surface area contributed by atoms with Crippen molar-refractivity contribution in [3.63, 3.8) is 0 Å². The zero-order chi connectivity index (χ0) is 13.8. The third-order valence-corrected chi connectivity index (χ3v) is 4.74. The molecule has 104 valence electrons. The van der Waals surface area contributed by atoms with Crippen molar-refractivity contribution >= 4 is 17.7 Å². The van der Waals surface area contributed by atoms with Gasteiger partial charge in [-0.15, -0.1) is 11.8 Å². The molecule has 1 aromatic rings. The van der Waals surface area contributed by atoms with Crippen LogP contribution in [-0.2, 0) is 9.53 Å². The van der Waals surface area contributed by atoms with E-state index in [1.165, 1.54) is 17.6 Å². The summed E-state index contributed by atoms with van der Waals surface area (Å²) in [5.74, 6) is 2.26. The molecule has 19 heavy (non-hydrogen) atoms. The highest BCUT2D eigenvalue weighted by molar-refractivity contribution is 7.99. The lowest BCUT2D eigenvalue weighted by molar-refractivity contribution is -0.142. The maximum Gasteiger partial charge on any atom is 0.308 e. The first-order valence-electron chi connectivity index (χ1n) is 6.96. The number of thioether (sulfide) groups is 1. The van der Waals surface area contributed by atoms with Crippen molar-refractivity contribution in [3.05, 3.63) is 29.8 Å². The Morgan fingerprint density at radius 2 is 2.11 bits per heavy atom. The maximum atomic E-state index is 11.4. The minimum Gasteiger partial charge on any atom is -0.469 e. The van der Waals surface area contributed by atoms with Gasteiger partial charge in [0.25, 0.3) is 0 Å². The van der Waals surface area contributed by atoms with Gasteiger partial charge in [-0.3, -0.25) is 4.79 Å². The lowest BCUT2D eigenvalue weighted by Gasteiger charge is -2.12. The Morgan fingerprint density at radius 1 is 1.42 bits per heavy atom. The first-order chi connectivity index (χ1) is 9.15. The second-order valence-corrected chi connectivity index (χ2v) is 6.60. The Balaban J connectivity index is 1.87. The number of methoxy groups -OCH3 is 1. The third-order valence-electron chi connectivity index (χ3n) is 3.84. The van der Waals surface area contributed by atoms with Crippen LogP contribution in [-0.4, -0.2) is 18.8 Å². The smallest absolute Gasteiger partial charge is 0.308 e. The van der Waals surface area contributed by atoms with E-state index in [0.717, 1.165) is 18.6 Å². The number of esters is 1. The van der Waals surface area contributed by atoms with Crippen LogP contribution in [0.4, 0.5) is 0 Å². The van der Waals surface area contributed by atoms with E-state index >= 15 is 0 Å². The summed E-state index contributed by atoms with van der Waals surface area (Å²) in [6.07, 6.45) is 2.08. The van der Waals surface area contributed by atoms with Crippen LogP contribution in [0.15, 0.2) is 29.2 Å². The fraction of sp³-hybridized carbons (Fsp3) is 0.562. The van der Waals surface area contributed by atoms with Crippen LogP contribution in [0.3, 0.4) is 0 Å². The summed E-state index contributed by atoms with van der Waals surface area (Å²) < 4.78 is 4.79. The fourth-order valence-corrected chi connectivity index (χ4v) is 3.26. The molecule has 3 heteroatoms. The molecule has 1 aromatic carbocycles. The van der Waals surface area contributed by atoms with Crippen molar-refractivity contribution in [2.75, 3.05) is 12.9 Å². The van der Waals surface area contributed by atoms with Crippen LogP contribution in [0.25, 0.3) is 0 Å². The maximum absolute atomic E-state index is 11.4. The number of hydrogen-bond donors (Lipinski definition) is 0. The second-order valence-electron chi connectivity index (χ2n) is 5.26. The van der Waals surface area contributed by atoms with Gasteiger partial charge < -0.3 is 4.74 Å². The molecule has 0 heterocycles. The van der Waals surface area contributed by atoms with Crippen molar-refractivity contribution in [2.45, 2.75) is 37.5 Å². The second kappa shape index (κ2) is 6.47. The first-order valence-corrected chi connectivity index (χ1v) is 7.94. The standard InChI is InChI=1S/C16H22O2S/c1-4-19-14-7-5-12(6-8-14)11(2)9-13-10-15(13)16(17)18-3/h5-8,11,13,15H,4,9-10H2,1-3H3. The molecule has 1 aliphatic carbocycles. The lowest BCUT2D eigenvalue weighted by atomic mass is 9.95. The number of rotatable bonds is 6. The van der Waals surface area contributed by atoms with Crippen LogP contribution in [0, 0.1) is 11.8 Å². The van der Waals surface area contributed by atoms with Crippen LogP contribution in [0.2, 0.25) is 0 Å². The normalized spacial score (nSPS) is 22.9. The Hall–Kier alpha value is -0.960. The summed E-state index contributed by atoms with van der Waals surface area (Å²) in [5, 5.41) is 0. The molecule has 0 amide bonds. The van der Waals surface area contributed by atoms with Crippen molar-refractivity contribution in [1.82, 2.24) is 0 Å². The predicted octanol–water partition coefficient (Wildman–Crippen LogP) is 4.10. The molecule has 2 nitrogen and oxygen atoms in total.